The first-order valence-corrected chi connectivity index (χ1v) is 6.43. The molecule has 1 N–H and O–H groups in total. The molecule has 96 valence electrons. The highest BCUT2D eigenvalue weighted by atomic mass is 35.5. The van der Waals surface area contributed by atoms with Gasteiger partial charge in [-0.2, -0.15) is 0 Å². The highest BCUT2D eigenvalue weighted by Gasteiger charge is 2.12. The monoisotopic (exact) mass is 264 g/mol. The first kappa shape index (κ1) is 13.0. The summed E-state index contributed by atoms with van der Waals surface area (Å²) in [4.78, 5) is 4.63. The summed E-state index contributed by atoms with van der Waals surface area (Å²) in [6.45, 7) is 2.14. The summed E-state index contributed by atoms with van der Waals surface area (Å²) < 4.78 is 5.39. The largest absolute Gasteiger partial charge is 0.496 e. The number of hydrogen-bond acceptors (Lipinski definition) is 3. The van der Waals surface area contributed by atoms with Crippen molar-refractivity contribution in [3.63, 3.8) is 0 Å². The molecule has 0 aliphatic carbocycles. The van der Waals surface area contributed by atoms with Gasteiger partial charge in [0.1, 0.15) is 5.75 Å². The van der Waals surface area contributed by atoms with E-state index < -0.39 is 0 Å². The second-order valence-electron chi connectivity index (χ2n) is 4.13. The van der Waals surface area contributed by atoms with Gasteiger partial charge in [-0.3, -0.25) is 4.98 Å². The van der Waals surface area contributed by atoms with Crippen LogP contribution in [0.2, 0.25) is 5.02 Å². The van der Waals surface area contributed by atoms with Gasteiger partial charge in [0.05, 0.1) is 23.0 Å². The minimum Gasteiger partial charge on any atom is -0.496 e. The minimum absolute atomic E-state index is 0.653. The summed E-state index contributed by atoms with van der Waals surface area (Å²) in [6, 6.07) is 5.75. The molecular weight excluding hydrogens is 248 g/mol. The van der Waals surface area contributed by atoms with Gasteiger partial charge in [-0.25, -0.2) is 0 Å². The lowest BCUT2D eigenvalue weighted by atomic mass is 10.1. The van der Waals surface area contributed by atoms with Crippen molar-refractivity contribution in [3.05, 3.63) is 28.9 Å². The molecule has 1 aromatic carbocycles. The number of methoxy groups -OCH3 is 1. The van der Waals surface area contributed by atoms with Crippen molar-refractivity contribution in [2.75, 3.05) is 19.5 Å². The van der Waals surface area contributed by atoms with Crippen molar-refractivity contribution < 1.29 is 4.74 Å². The molecule has 2 rings (SSSR count). The van der Waals surface area contributed by atoms with Crippen molar-refractivity contribution in [2.45, 2.75) is 19.8 Å². The predicted octanol–water partition coefficient (Wildman–Crippen LogP) is 3.89. The third-order valence-electron chi connectivity index (χ3n) is 2.92. The molecular formula is C14H17ClN2O. The first-order chi connectivity index (χ1) is 8.71. The number of benzene rings is 1. The van der Waals surface area contributed by atoms with Gasteiger partial charge in [0.25, 0.3) is 0 Å². The molecule has 0 saturated carbocycles. The van der Waals surface area contributed by atoms with Gasteiger partial charge in [0.15, 0.2) is 0 Å². The number of aryl methyl sites for hydroxylation is 1. The third-order valence-corrected chi connectivity index (χ3v) is 3.23. The maximum Gasteiger partial charge on any atom is 0.130 e. The predicted molar refractivity (Wildman–Crippen MR) is 76.8 cm³/mol. The molecule has 1 heterocycles. The molecule has 0 bridgehead atoms. The summed E-state index contributed by atoms with van der Waals surface area (Å²) in [6.07, 6.45) is 2.00. The van der Waals surface area contributed by atoms with Crippen molar-refractivity contribution >= 4 is 28.2 Å². The van der Waals surface area contributed by atoms with E-state index in [0.29, 0.717) is 5.02 Å². The number of nitrogens with one attached hydrogen (secondary N) is 1. The van der Waals surface area contributed by atoms with Crippen LogP contribution in [0.25, 0.3) is 10.9 Å². The standard InChI is InChI=1S/C14H17ClN2O/c1-4-5-9-8-11(16-2)13-12(18-3)7-6-10(15)14(13)17-9/h6-8H,4-5H2,1-3H3,(H,16,17). The number of pyridine rings is 1. The van der Waals surface area contributed by atoms with E-state index in [1.54, 1.807) is 7.11 Å². The van der Waals surface area contributed by atoms with Crippen LogP contribution >= 0.6 is 11.6 Å². The van der Waals surface area contributed by atoms with Gasteiger partial charge in [0, 0.05) is 18.4 Å². The zero-order valence-corrected chi connectivity index (χ0v) is 11.6. The Balaban J connectivity index is 2.77. The number of hydrogen-bond donors (Lipinski definition) is 1. The highest BCUT2D eigenvalue weighted by molar-refractivity contribution is 6.35. The number of nitrogens with zero attached hydrogens (tertiary/aromatic N) is 1. The first-order valence-electron chi connectivity index (χ1n) is 6.05. The third kappa shape index (κ3) is 2.23. The molecule has 1 aromatic heterocycles. The van der Waals surface area contributed by atoms with E-state index in [9.17, 15) is 0 Å². The lowest BCUT2D eigenvalue weighted by Gasteiger charge is -2.13. The Kier molecular flexibility index (Phi) is 3.92. The van der Waals surface area contributed by atoms with Crippen LogP contribution in [0.4, 0.5) is 5.69 Å². The lowest BCUT2D eigenvalue weighted by Crippen LogP contribution is -1.98. The summed E-state index contributed by atoms with van der Waals surface area (Å²) in [5, 5.41) is 4.78. The second kappa shape index (κ2) is 5.44. The normalized spacial score (nSPS) is 10.7. The van der Waals surface area contributed by atoms with Gasteiger partial charge < -0.3 is 10.1 Å². The van der Waals surface area contributed by atoms with Crippen LogP contribution in [-0.2, 0) is 6.42 Å². The van der Waals surface area contributed by atoms with Gasteiger partial charge in [0.2, 0.25) is 0 Å². The number of anilines is 1. The maximum atomic E-state index is 6.24. The molecule has 18 heavy (non-hydrogen) atoms. The number of halogens is 1. The second-order valence-corrected chi connectivity index (χ2v) is 4.54. The molecule has 4 heteroatoms. The van der Waals surface area contributed by atoms with Crippen molar-refractivity contribution in [1.82, 2.24) is 4.98 Å². The van der Waals surface area contributed by atoms with Crippen LogP contribution in [0.1, 0.15) is 19.0 Å². The van der Waals surface area contributed by atoms with Crippen LogP contribution in [0.3, 0.4) is 0 Å². The fourth-order valence-corrected chi connectivity index (χ4v) is 2.28. The molecule has 0 spiro atoms. The molecule has 0 aliphatic heterocycles. The van der Waals surface area contributed by atoms with E-state index in [0.717, 1.165) is 40.9 Å². The quantitative estimate of drug-likeness (QED) is 0.910. The highest BCUT2D eigenvalue weighted by Crippen LogP contribution is 2.35. The average Bonchev–Trinajstić information content (AvgIpc) is 2.39. The van der Waals surface area contributed by atoms with Gasteiger partial charge in [-0.15, -0.1) is 0 Å². The summed E-state index contributed by atoms with van der Waals surface area (Å²) in [7, 11) is 3.55. The molecule has 3 nitrogen and oxygen atoms in total. The Hall–Kier alpha value is -1.48. The summed E-state index contributed by atoms with van der Waals surface area (Å²) in [5.74, 6) is 0.786. The van der Waals surface area contributed by atoms with Crippen molar-refractivity contribution in [3.8, 4) is 5.75 Å². The fraction of sp³-hybridized carbons (Fsp3) is 0.357. The topological polar surface area (TPSA) is 34.1 Å². The van der Waals surface area contributed by atoms with Crippen molar-refractivity contribution in [2.24, 2.45) is 0 Å². The lowest BCUT2D eigenvalue weighted by molar-refractivity contribution is 0.420. The average molecular weight is 265 g/mol. The van der Waals surface area contributed by atoms with Crippen LogP contribution in [0.15, 0.2) is 18.2 Å². The summed E-state index contributed by atoms with van der Waals surface area (Å²) in [5.41, 5.74) is 2.85. The van der Waals surface area contributed by atoms with E-state index in [1.807, 2.05) is 19.2 Å². The van der Waals surface area contributed by atoms with Crippen molar-refractivity contribution in [1.29, 1.82) is 0 Å². The Morgan fingerprint density at radius 3 is 2.78 bits per heavy atom. The molecule has 0 radical (unpaired) electrons. The van der Waals surface area contributed by atoms with E-state index in [1.165, 1.54) is 0 Å². The SMILES string of the molecule is CCCc1cc(NC)c2c(OC)ccc(Cl)c2n1. The van der Waals surface area contributed by atoms with Crippen LogP contribution in [-0.4, -0.2) is 19.1 Å². The van der Waals surface area contributed by atoms with Gasteiger partial charge in [-0.1, -0.05) is 24.9 Å². The molecule has 0 unspecified atom stereocenters. The molecule has 0 saturated heterocycles. The minimum atomic E-state index is 0.653. The zero-order chi connectivity index (χ0) is 13.1. The molecule has 0 amide bonds. The Morgan fingerprint density at radius 2 is 2.17 bits per heavy atom. The van der Waals surface area contributed by atoms with Gasteiger partial charge in [-0.05, 0) is 24.6 Å². The molecule has 0 atom stereocenters. The zero-order valence-electron chi connectivity index (χ0n) is 10.9. The fourth-order valence-electron chi connectivity index (χ4n) is 2.08. The Labute approximate surface area is 112 Å². The number of fused-ring (bicyclic) bond motifs is 1. The van der Waals surface area contributed by atoms with E-state index in [-0.39, 0.29) is 0 Å². The number of rotatable bonds is 4. The van der Waals surface area contributed by atoms with Gasteiger partial charge >= 0.3 is 0 Å². The molecule has 2 aromatic rings. The Bertz CT molecular complexity index is 569. The number of aromatic nitrogens is 1. The van der Waals surface area contributed by atoms with E-state index >= 15 is 0 Å². The Morgan fingerprint density at radius 1 is 1.39 bits per heavy atom. The van der Waals surface area contributed by atoms with Crippen LogP contribution in [0, 0.1) is 0 Å². The van der Waals surface area contributed by atoms with E-state index in [2.05, 4.69) is 23.3 Å². The van der Waals surface area contributed by atoms with Crippen LogP contribution < -0.4 is 10.1 Å². The maximum absolute atomic E-state index is 6.24. The number of ether oxygens (including phenoxy) is 1. The molecule has 0 fully saturated rings. The molecule has 0 aliphatic rings. The smallest absolute Gasteiger partial charge is 0.130 e. The van der Waals surface area contributed by atoms with E-state index in [4.69, 9.17) is 16.3 Å². The summed E-state index contributed by atoms with van der Waals surface area (Å²) >= 11 is 6.24. The van der Waals surface area contributed by atoms with Crippen LogP contribution in [0.5, 0.6) is 5.75 Å².